The summed E-state index contributed by atoms with van der Waals surface area (Å²) in [4.78, 5) is 2.53. The fourth-order valence-electron chi connectivity index (χ4n) is 12.9. The molecule has 1 nitrogen and oxygen atoms in total. The number of fused-ring (bicyclic) bond motifs is 13. The molecule has 0 amide bonds. The summed E-state index contributed by atoms with van der Waals surface area (Å²) in [5, 5.41) is 0. The molecule has 3 aliphatic rings. The van der Waals surface area contributed by atoms with E-state index in [4.69, 9.17) is 0 Å². The average Bonchev–Trinajstić information content (AvgIpc) is 4.00. The minimum atomic E-state index is -0.489. The number of nitrogens with zero attached hydrogens (tertiary/aromatic N) is 1. The van der Waals surface area contributed by atoms with Crippen LogP contribution in [0.2, 0.25) is 0 Å². The average molecular weight is 904 g/mol. The number of rotatable bonds is 7. The van der Waals surface area contributed by atoms with E-state index in [9.17, 15) is 0 Å². The number of hydrogen-bond donors (Lipinski definition) is 0. The van der Waals surface area contributed by atoms with Gasteiger partial charge >= 0.3 is 0 Å². The van der Waals surface area contributed by atoms with Crippen LogP contribution < -0.4 is 4.90 Å². The maximum Gasteiger partial charge on any atom is 0.0726 e. The molecule has 14 rings (SSSR count). The Bertz CT molecular complexity index is 3830. The van der Waals surface area contributed by atoms with Gasteiger partial charge in [0.05, 0.1) is 11.1 Å². The first-order valence-electron chi connectivity index (χ1n) is 24.9. The van der Waals surface area contributed by atoms with Gasteiger partial charge in [-0.05, 0) is 136 Å². The van der Waals surface area contributed by atoms with E-state index in [0.29, 0.717) is 0 Å². The highest BCUT2D eigenvalue weighted by Gasteiger charge is 2.51. The summed E-state index contributed by atoms with van der Waals surface area (Å²) in [6, 6.07) is 97.4. The second-order valence-corrected chi connectivity index (χ2v) is 19.9. The standard InChI is InChI=1S/C70H49N/c1-69(2)60-33-15-14-30-59(60)67-52(31-19-37-64(67)69)48-39-41-49(42-40-48)71(66-38-20-32-53(47-23-7-4-8-24-47)68(66)58-29-10-9-25-51(58)46-21-5-3-6-22-46)50-43-44-57-56-28-13-18-36-63(56)70(65(57)45-50)61-34-16-11-26-54(61)55-27-12-17-35-62(55)70/h3-45H,1-2H3. The van der Waals surface area contributed by atoms with Crippen molar-refractivity contribution in [1.29, 1.82) is 0 Å². The normalized spacial score (nSPS) is 13.7. The molecule has 11 aromatic carbocycles. The Kier molecular flexibility index (Phi) is 9.22. The van der Waals surface area contributed by atoms with Crippen molar-refractivity contribution in [3.05, 3.63) is 294 Å². The van der Waals surface area contributed by atoms with Gasteiger partial charge in [0.15, 0.2) is 0 Å². The first kappa shape index (κ1) is 41.2. The Labute approximate surface area is 416 Å². The maximum absolute atomic E-state index is 2.53. The van der Waals surface area contributed by atoms with Crippen LogP contribution in [-0.2, 0) is 10.8 Å². The Morgan fingerprint density at radius 3 is 1.27 bits per heavy atom. The minimum Gasteiger partial charge on any atom is -0.310 e. The topological polar surface area (TPSA) is 3.24 Å². The summed E-state index contributed by atoms with van der Waals surface area (Å²) >= 11 is 0. The first-order chi connectivity index (χ1) is 35.0. The molecule has 0 aromatic heterocycles. The molecule has 0 atom stereocenters. The highest BCUT2D eigenvalue weighted by atomic mass is 15.1. The lowest BCUT2D eigenvalue weighted by molar-refractivity contribution is 0.660. The molecule has 1 heteroatoms. The van der Waals surface area contributed by atoms with E-state index in [1.807, 2.05) is 0 Å². The molecule has 0 unspecified atom stereocenters. The fraction of sp³-hybridized carbons (Fsp3) is 0.0571. The van der Waals surface area contributed by atoms with Gasteiger partial charge in [0.25, 0.3) is 0 Å². The third-order valence-corrected chi connectivity index (χ3v) is 15.9. The van der Waals surface area contributed by atoms with Crippen molar-refractivity contribution in [2.75, 3.05) is 4.90 Å². The quantitative estimate of drug-likeness (QED) is 0.154. The van der Waals surface area contributed by atoms with E-state index in [1.54, 1.807) is 0 Å². The number of hydrogen-bond acceptors (Lipinski definition) is 1. The van der Waals surface area contributed by atoms with Crippen LogP contribution in [0.1, 0.15) is 47.2 Å². The van der Waals surface area contributed by atoms with Crippen LogP contribution in [0.3, 0.4) is 0 Å². The highest BCUT2D eigenvalue weighted by Crippen LogP contribution is 2.64. The predicted molar refractivity (Wildman–Crippen MR) is 297 cm³/mol. The Morgan fingerprint density at radius 2 is 0.662 bits per heavy atom. The zero-order chi connectivity index (χ0) is 47.3. The fourth-order valence-corrected chi connectivity index (χ4v) is 12.9. The van der Waals surface area contributed by atoms with Crippen LogP contribution in [0, 0.1) is 0 Å². The van der Waals surface area contributed by atoms with Crippen molar-refractivity contribution in [2.24, 2.45) is 0 Å². The van der Waals surface area contributed by atoms with Crippen molar-refractivity contribution in [1.82, 2.24) is 0 Å². The smallest absolute Gasteiger partial charge is 0.0726 e. The second kappa shape index (κ2) is 15.9. The molecule has 11 aromatic rings. The molecule has 0 saturated carbocycles. The third kappa shape index (κ3) is 6.00. The molecule has 3 aliphatic carbocycles. The largest absolute Gasteiger partial charge is 0.310 e. The van der Waals surface area contributed by atoms with Crippen molar-refractivity contribution < 1.29 is 0 Å². The summed E-state index contributed by atoms with van der Waals surface area (Å²) in [7, 11) is 0. The predicted octanol–water partition coefficient (Wildman–Crippen LogP) is 18.5. The molecule has 71 heavy (non-hydrogen) atoms. The molecule has 1 spiro atoms. The summed E-state index contributed by atoms with van der Waals surface area (Å²) < 4.78 is 0. The lowest BCUT2D eigenvalue weighted by Crippen LogP contribution is -2.26. The maximum atomic E-state index is 2.53. The van der Waals surface area contributed by atoms with Gasteiger partial charge < -0.3 is 4.90 Å². The van der Waals surface area contributed by atoms with Crippen molar-refractivity contribution >= 4 is 17.1 Å². The summed E-state index contributed by atoms with van der Waals surface area (Å²) in [5.74, 6) is 0. The first-order valence-corrected chi connectivity index (χ1v) is 24.9. The molecule has 0 heterocycles. The number of anilines is 3. The SMILES string of the molecule is CC1(C)c2ccccc2-c2c(-c3ccc(N(c4ccc5c(c4)C4(c6ccccc6-c6ccccc64)c4ccccc4-5)c4cccc(-c5ccccc5)c4-c4ccccc4-c4ccccc4)cc3)cccc21. The van der Waals surface area contributed by atoms with Gasteiger partial charge in [0.2, 0.25) is 0 Å². The zero-order valence-electron chi connectivity index (χ0n) is 39.8. The van der Waals surface area contributed by atoms with E-state index in [0.717, 1.165) is 17.1 Å². The molecule has 0 aliphatic heterocycles. The molecule has 0 saturated heterocycles. The van der Waals surface area contributed by atoms with Gasteiger partial charge in [-0.1, -0.05) is 244 Å². The van der Waals surface area contributed by atoms with Gasteiger partial charge in [-0.15, -0.1) is 0 Å². The highest BCUT2D eigenvalue weighted by molar-refractivity contribution is 6.03. The second-order valence-electron chi connectivity index (χ2n) is 19.9. The Hall–Kier alpha value is -8.78. The summed E-state index contributed by atoms with van der Waals surface area (Å²) in [6.07, 6.45) is 0. The van der Waals surface area contributed by atoms with E-state index >= 15 is 0 Å². The lowest BCUT2D eigenvalue weighted by Gasteiger charge is -2.33. The monoisotopic (exact) mass is 903 g/mol. The lowest BCUT2D eigenvalue weighted by atomic mass is 9.70. The summed E-state index contributed by atoms with van der Waals surface area (Å²) in [6.45, 7) is 4.73. The molecule has 0 bridgehead atoms. The number of benzene rings is 11. The van der Waals surface area contributed by atoms with E-state index < -0.39 is 5.41 Å². The molecule has 0 fully saturated rings. The van der Waals surface area contributed by atoms with Crippen molar-refractivity contribution in [2.45, 2.75) is 24.7 Å². The van der Waals surface area contributed by atoms with Crippen LogP contribution in [0.25, 0.3) is 77.9 Å². The molecular weight excluding hydrogens is 855 g/mol. The van der Waals surface area contributed by atoms with Gasteiger partial charge in [-0.25, -0.2) is 0 Å². The van der Waals surface area contributed by atoms with Crippen molar-refractivity contribution in [3.8, 4) is 77.9 Å². The molecule has 334 valence electrons. The van der Waals surface area contributed by atoms with Crippen LogP contribution in [0.5, 0.6) is 0 Å². The van der Waals surface area contributed by atoms with Gasteiger partial charge in [0.1, 0.15) is 0 Å². The Balaban J connectivity index is 1.04. The summed E-state index contributed by atoms with van der Waals surface area (Å²) in [5.41, 5.74) is 28.2. The van der Waals surface area contributed by atoms with E-state index in [-0.39, 0.29) is 5.41 Å². The molecular formula is C70H49N. The van der Waals surface area contributed by atoms with Crippen LogP contribution in [-0.4, -0.2) is 0 Å². The van der Waals surface area contributed by atoms with Gasteiger partial charge in [-0.3, -0.25) is 0 Å². The minimum absolute atomic E-state index is 0.0835. The van der Waals surface area contributed by atoms with Crippen LogP contribution in [0.15, 0.2) is 261 Å². The van der Waals surface area contributed by atoms with Crippen LogP contribution >= 0.6 is 0 Å². The molecule has 0 N–H and O–H groups in total. The van der Waals surface area contributed by atoms with E-state index in [1.165, 1.54) is 111 Å². The van der Waals surface area contributed by atoms with Crippen molar-refractivity contribution in [3.63, 3.8) is 0 Å². The van der Waals surface area contributed by atoms with Gasteiger partial charge in [-0.2, -0.15) is 0 Å². The Morgan fingerprint density at radius 1 is 0.254 bits per heavy atom. The third-order valence-electron chi connectivity index (χ3n) is 15.9. The van der Waals surface area contributed by atoms with Gasteiger partial charge in [0, 0.05) is 22.4 Å². The van der Waals surface area contributed by atoms with Crippen LogP contribution in [0.4, 0.5) is 17.1 Å². The molecule has 0 radical (unpaired) electrons. The van der Waals surface area contributed by atoms with E-state index in [2.05, 4.69) is 280 Å². The zero-order valence-corrected chi connectivity index (χ0v) is 39.8.